The average Bonchev–Trinajstić information content (AvgIpc) is 3.85. The minimum absolute atomic E-state index is 0.139. The van der Waals surface area contributed by atoms with E-state index in [0.717, 1.165) is 44.9 Å². The molecule has 14 rings (SSSR count). The number of fused-ring (bicyclic) bond motifs is 14. The minimum Gasteiger partial charge on any atom is -0.447 e. The van der Waals surface area contributed by atoms with Crippen molar-refractivity contribution >= 4 is 55.7 Å². The first-order valence-electron chi connectivity index (χ1n) is 23.2. The molecule has 67 heavy (non-hydrogen) atoms. The highest BCUT2D eigenvalue weighted by atomic mass is 16.6. The molecule has 10 aromatic rings. The van der Waals surface area contributed by atoms with Crippen molar-refractivity contribution in [3.63, 3.8) is 0 Å². The number of rotatable bonds is 6. The van der Waals surface area contributed by atoms with Gasteiger partial charge in [0.05, 0.1) is 16.8 Å². The number of benzene rings is 10. The van der Waals surface area contributed by atoms with Gasteiger partial charge in [0.2, 0.25) is 0 Å². The van der Waals surface area contributed by atoms with Crippen LogP contribution < -0.4 is 19.3 Å². The zero-order valence-electron chi connectivity index (χ0n) is 36.5. The van der Waals surface area contributed by atoms with Crippen molar-refractivity contribution in [2.75, 3.05) is 9.80 Å². The summed E-state index contributed by atoms with van der Waals surface area (Å²) in [7, 11) is 0. The Bertz CT molecular complexity index is 3640. The molecule has 2 atom stereocenters. The fourth-order valence-electron chi connectivity index (χ4n) is 11.7. The van der Waals surface area contributed by atoms with Gasteiger partial charge in [0.25, 0.3) is 0 Å². The highest BCUT2D eigenvalue weighted by Gasteiger charge is 2.57. The third kappa shape index (κ3) is 5.60. The fourth-order valence-corrected chi connectivity index (χ4v) is 11.7. The first-order chi connectivity index (χ1) is 33.2. The highest BCUT2D eigenvalue weighted by Crippen LogP contribution is 2.68. The summed E-state index contributed by atoms with van der Waals surface area (Å²) >= 11 is 0. The normalized spacial score (nSPS) is 16.3. The van der Waals surface area contributed by atoms with Gasteiger partial charge in [0, 0.05) is 34.6 Å². The van der Waals surface area contributed by atoms with Gasteiger partial charge in [0.15, 0.2) is 23.0 Å². The molecule has 3 aliphatic carbocycles. The predicted molar refractivity (Wildman–Crippen MR) is 274 cm³/mol. The molecule has 10 aromatic carbocycles. The van der Waals surface area contributed by atoms with Crippen molar-refractivity contribution in [3.05, 3.63) is 265 Å². The van der Waals surface area contributed by atoms with Gasteiger partial charge in [-0.05, 0) is 128 Å². The van der Waals surface area contributed by atoms with E-state index in [2.05, 4.69) is 252 Å². The van der Waals surface area contributed by atoms with Crippen LogP contribution in [0.2, 0.25) is 0 Å². The van der Waals surface area contributed by atoms with E-state index in [9.17, 15) is 0 Å². The second-order valence-corrected chi connectivity index (χ2v) is 18.0. The lowest BCUT2D eigenvalue weighted by molar-refractivity contribution is 0.360. The van der Waals surface area contributed by atoms with E-state index < -0.39 is 5.41 Å². The summed E-state index contributed by atoms with van der Waals surface area (Å²) < 4.78 is 15.1. The molecular formula is C63H42N2O2. The van der Waals surface area contributed by atoms with E-state index in [0.29, 0.717) is 23.0 Å². The van der Waals surface area contributed by atoms with Crippen LogP contribution in [0.1, 0.15) is 28.2 Å². The molecule has 2 unspecified atom stereocenters. The molecule has 1 heterocycles. The van der Waals surface area contributed by atoms with Crippen LogP contribution in [0.5, 0.6) is 23.0 Å². The maximum Gasteiger partial charge on any atom is 0.196 e. The molecule has 1 spiro atoms. The van der Waals surface area contributed by atoms with Gasteiger partial charge in [-0.2, -0.15) is 0 Å². The van der Waals surface area contributed by atoms with Crippen LogP contribution in [0.3, 0.4) is 0 Å². The summed E-state index contributed by atoms with van der Waals surface area (Å²) in [6, 6.07) is 78.5. The van der Waals surface area contributed by atoms with Gasteiger partial charge in [-0.1, -0.05) is 170 Å². The Kier molecular flexibility index (Phi) is 8.29. The number of hydrogen-bond donors (Lipinski definition) is 0. The smallest absolute Gasteiger partial charge is 0.196 e. The number of hydrogen-bond acceptors (Lipinski definition) is 4. The molecule has 0 aromatic heterocycles. The van der Waals surface area contributed by atoms with Crippen LogP contribution in [-0.4, -0.2) is 0 Å². The standard InChI is InChI=1S/C63H42N2O2/c1-3-21-45(22-4-1)64(47-33-31-41-17-7-9-19-43(41)37-47)57-35-36-58(65(46-23-5-2-6-24-46)48-34-32-42-18-8-10-20-44(42)38-48)62-61(57)66-59-39-52-51-27-13-16-30-55(51)63(56(52)40-60(59)67-62)53-28-14-11-25-49(53)50-26-12-15-29-54(50)63/h1-40,51,55H. The van der Waals surface area contributed by atoms with Crippen LogP contribution in [0.4, 0.5) is 34.1 Å². The van der Waals surface area contributed by atoms with E-state index in [1.807, 2.05) is 0 Å². The first kappa shape index (κ1) is 37.7. The topological polar surface area (TPSA) is 24.9 Å². The molecule has 0 N–H and O–H groups in total. The number of allylic oxidation sites excluding steroid dienone is 4. The fraction of sp³-hybridized carbons (Fsp3) is 0.0476. The summed E-state index contributed by atoms with van der Waals surface area (Å²) in [5.74, 6) is 2.98. The van der Waals surface area contributed by atoms with Crippen molar-refractivity contribution < 1.29 is 9.47 Å². The molecule has 4 aliphatic rings. The average molecular weight is 859 g/mol. The van der Waals surface area contributed by atoms with E-state index in [1.54, 1.807) is 0 Å². The van der Waals surface area contributed by atoms with Crippen LogP contribution >= 0.6 is 0 Å². The Balaban J connectivity index is 1.03. The molecule has 0 radical (unpaired) electrons. The number of anilines is 6. The molecule has 4 nitrogen and oxygen atoms in total. The molecule has 1 aliphatic heterocycles. The predicted octanol–water partition coefficient (Wildman–Crippen LogP) is 17.0. The third-order valence-corrected chi connectivity index (χ3v) is 14.5. The number of ether oxygens (including phenoxy) is 2. The SMILES string of the molecule is C1=CC2c3cc4c(cc3C3(c5ccccc5-c5ccccc53)C2C=C1)Oc1c(N(c2ccccc2)c2ccc3ccccc3c2)ccc(N(c2ccccc2)c2ccc3ccccc3c2)c1O4. The molecule has 0 bridgehead atoms. The Morgan fingerprint density at radius 2 is 0.821 bits per heavy atom. The van der Waals surface area contributed by atoms with E-state index in [-0.39, 0.29) is 11.8 Å². The van der Waals surface area contributed by atoms with Crippen LogP contribution in [-0.2, 0) is 5.41 Å². The number of nitrogens with zero attached hydrogens (tertiary/aromatic N) is 2. The minimum atomic E-state index is -0.418. The van der Waals surface area contributed by atoms with Crippen molar-refractivity contribution in [3.8, 4) is 34.1 Å². The van der Waals surface area contributed by atoms with E-state index in [1.165, 1.54) is 44.2 Å². The van der Waals surface area contributed by atoms with E-state index >= 15 is 0 Å². The maximum atomic E-state index is 7.58. The molecule has 316 valence electrons. The van der Waals surface area contributed by atoms with Crippen LogP contribution in [0.15, 0.2) is 243 Å². The molecule has 0 fully saturated rings. The highest BCUT2D eigenvalue weighted by molar-refractivity contribution is 5.96. The summed E-state index contributed by atoms with van der Waals surface area (Å²) in [5.41, 5.74) is 13.1. The Morgan fingerprint density at radius 1 is 0.358 bits per heavy atom. The zero-order chi connectivity index (χ0) is 44.1. The third-order valence-electron chi connectivity index (χ3n) is 14.5. The molecule has 0 saturated carbocycles. The van der Waals surface area contributed by atoms with Gasteiger partial charge >= 0.3 is 0 Å². The first-order valence-corrected chi connectivity index (χ1v) is 23.2. The maximum absolute atomic E-state index is 7.58. The van der Waals surface area contributed by atoms with Gasteiger partial charge < -0.3 is 19.3 Å². The monoisotopic (exact) mass is 858 g/mol. The Hall–Kier alpha value is -8.60. The van der Waals surface area contributed by atoms with Crippen LogP contribution in [0.25, 0.3) is 32.7 Å². The van der Waals surface area contributed by atoms with Crippen molar-refractivity contribution in [2.24, 2.45) is 5.92 Å². The molecule has 4 heteroatoms. The van der Waals surface area contributed by atoms with Crippen molar-refractivity contribution in [2.45, 2.75) is 11.3 Å². The Labute approximate surface area is 389 Å². The van der Waals surface area contributed by atoms with Gasteiger partial charge in [-0.3, -0.25) is 0 Å². The summed E-state index contributed by atoms with van der Waals surface area (Å²) in [4.78, 5) is 4.60. The van der Waals surface area contributed by atoms with Crippen molar-refractivity contribution in [1.82, 2.24) is 0 Å². The van der Waals surface area contributed by atoms with Crippen molar-refractivity contribution in [1.29, 1.82) is 0 Å². The lowest BCUT2D eigenvalue weighted by Gasteiger charge is -2.36. The molecule has 0 amide bonds. The second-order valence-electron chi connectivity index (χ2n) is 18.0. The largest absolute Gasteiger partial charge is 0.447 e. The summed E-state index contributed by atoms with van der Waals surface area (Å²) in [6.07, 6.45) is 9.25. The Morgan fingerprint density at radius 3 is 1.37 bits per heavy atom. The second kappa shape index (κ2) is 14.7. The van der Waals surface area contributed by atoms with Gasteiger partial charge in [-0.25, -0.2) is 0 Å². The molecular weight excluding hydrogens is 817 g/mol. The number of para-hydroxylation sites is 2. The lowest BCUT2D eigenvalue weighted by Crippen LogP contribution is -2.32. The molecule has 0 saturated heterocycles. The quantitative estimate of drug-likeness (QED) is 0.166. The van der Waals surface area contributed by atoms with Gasteiger partial charge in [-0.15, -0.1) is 0 Å². The van der Waals surface area contributed by atoms with Crippen LogP contribution in [0, 0.1) is 5.92 Å². The summed E-state index contributed by atoms with van der Waals surface area (Å²) in [6.45, 7) is 0. The van der Waals surface area contributed by atoms with Gasteiger partial charge in [0.1, 0.15) is 0 Å². The van der Waals surface area contributed by atoms with E-state index in [4.69, 9.17) is 9.47 Å². The zero-order valence-corrected chi connectivity index (χ0v) is 36.5. The summed E-state index contributed by atoms with van der Waals surface area (Å²) in [5, 5.41) is 4.68. The lowest BCUT2D eigenvalue weighted by atomic mass is 9.65.